The lowest BCUT2D eigenvalue weighted by Gasteiger charge is -2.08. The zero-order chi connectivity index (χ0) is 9.30. The second-order valence-corrected chi connectivity index (χ2v) is 4.52. The molecule has 0 aliphatic rings. The molecule has 0 spiro atoms. The van der Waals surface area contributed by atoms with Gasteiger partial charge in [-0.1, -0.05) is 33.6 Å². The van der Waals surface area contributed by atoms with Crippen LogP contribution < -0.4 is 0 Å². The molecule has 3 heteroatoms. The van der Waals surface area contributed by atoms with Crippen molar-refractivity contribution in [3.8, 4) is 0 Å². The first-order valence-electron chi connectivity index (χ1n) is 3.62. The molecule has 1 aromatic carbocycles. The zero-order valence-electron chi connectivity index (χ0n) is 6.87. The van der Waals surface area contributed by atoms with Crippen LogP contribution >= 0.6 is 27.5 Å². The van der Waals surface area contributed by atoms with Gasteiger partial charge in [0.1, 0.15) is 5.82 Å². The maximum Gasteiger partial charge on any atom is 0.127 e. The number of benzene rings is 1. The summed E-state index contributed by atoms with van der Waals surface area (Å²) in [4.78, 5) is 0.157. The monoisotopic (exact) mass is 250 g/mol. The number of hydrogen-bond donors (Lipinski definition) is 0. The summed E-state index contributed by atoms with van der Waals surface area (Å²) in [6.07, 6.45) is 0. The highest BCUT2D eigenvalue weighted by molar-refractivity contribution is 9.09. The molecule has 0 aliphatic heterocycles. The normalized spacial score (nSPS) is 13.1. The summed E-state index contributed by atoms with van der Waals surface area (Å²) in [5, 5.41) is 0.475. The summed E-state index contributed by atoms with van der Waals surface area (Å²) >= 11 is 9.21. The molecule has 0 aromatic heterocycles. The van der Waals surface area contributed by atoms with Crippen molar-refractivity contribution in [2.45, 2.75) is 18.7 Å². The standard InChI is InChI=1S/C9H9BrClF/c1-5-3-7(6(2)10)8(11)4-9(5)12/h3-4,6H,1-2H3. The van der Waals surface area contributed by atoms with Gasteiger partial charge in [0, 0.05) is 9.85 Å². The van der Waals surface area contributed by atoms with Gasteiger partial charge in [0.2, 0.25) is 0 Å². The van der Waals surface area contributed by atoms with E-state index in [1.807, 2.05) is 6.92 Å². The zero-order valence-corrected chi connectivity index (χ0v) is 9.21. The van der Waals surface area contributed by atoms with Crippen LogP contribution in [-0.4, -0.2) is 0 Å². The predicted molar refractivity (Wildman–Crippen MR) is 53.5 cm³/mol. The van der Waals surface area contributed by atoms with Crippen molar-refractivity contribution < 1.29 is 4.39 Å². The molecule has 1 aromatic rings. The molecule has 1 unspecified atom stereocenters. The van der Waals surface area contributed by atoms with Crippen molar-refractivity contribution in [3.05, 3.63) is 34.1 Å². The Morgan fingerprint density at radius 2 is 2.08 bits per heavy atom. The molecular weight excluding hydrogens is 242 g/mol. The molecule has 0 N–H and O–H groups in total. The Kier molecular flexibility index (Phi) is 3.13. The van der Waals surface area contributed by atoms with Crippen LogP contribution in [0.1, 0.15) is 22.9 Å². The van der Waals surface area contributed by atoms with Gasteiger partial charge >= 0.3 is 0 Å². The Morgan fingerprint density at radius 1 is 1.50 bits per heavy atom. The third-order valence-electron chi connectivity index (χ3n) is 1.71. The summed E-state index contributed by atoms with van der Waals surface area (Å²) in [6, 6.07) is 3.11. The third kappa shape index (κ3) is 1.99. The van der Waals surface area contributed by atoms with Crippen LogP contribution in [0.15, 0.2) is 12.1 Å². The van der Waals surface area contributed by atoms with E-state index in [0.29, 0.717) is 10.6 Å². The molecule has 0 nitrogen and oxygen atoms in total. The molecule has 0 bridgehead atoms. The fraction of sp³-hybridized carbons (Fsp3) is 0.333. The lowest BCUT2D eigenvalue weighted by molar-refractivity contribution is 0.617. The average molecular weight is 252 g/mol. The van der Waals surface area contributed by atoms with E-state index in [2.05, 4.69) is 15.9 Å². The van der Waals surface area contributed by atoms with Gasteiger partial charge in [0.25, 0.3) is 0 Å². The molecule has 0 aliphatic carbocycles. The number of hydrogen-bond acceptors (Lipinski definition) is 0. The van der Waals surface area contributed by atoms with E-state index in [0.717, 1.165) is 5.56 Å². The van der Waals surface area contributed by atoms with Gasteiger partial charge < -0.3 is 0 Å². The summed E-state index contributed by atoms with van der Waals surface area (Å²) in [5.41, 5.74) is 1.55. The van der Waals surface area contributed by atoms with E-state index in [1.165, 1.54) is 6.07 Å². The predicted octanol–water partition coefficient (Wildman–Crippen LogP) is 4.24. The van der Waals surface area contributed by atoms with Crippen molar-refractivity contribution in [1.29, 1.82) is 0 Å². The number of halogens is 3. The molecule has 0 saturated carbocycles. The first-order chi connectivity index (χ1) is 5.52. The van der Waals surface area contributed by atoms with Gasteiger partial charge in [0.05, 0.1) is 0 Å². The minimum absolute atomic E-state index is 0.157. The van der Waals surface area contributed by atoms with Crippen LogP contribution in [0.25, 0.3) is 0 Å². The van der Waals surface area contributed by atoms with Crippen molar-refractivity contribution in [2.75, 3.05) is 0 Å². The van der Waals surface area contributed by atoms with E-state index in [4.69, 9.17) is 11.6 Å². The highest BCUT2D eigenvalue weighted by Crippen LogP contribution is 2.30. The fourth-order valence-corrected chi connectivity index (χ4v) is 1.81. The largest absolute Gasteiger partial charge is 0.207 e. The third-order valence-corrected chi connectivity index (χ3v) is 2.53. The molecular formula is C9H9BrClF. The quantitative estimate of drug-likeness (QED) is 0.655. The topological polar surface area (TPSA) is 0 Å². The number of aryl methyl sites for hydroxylation is 1. The maximum absolute atomic E-state index is 12.9. The Bertz CT molecular complexity index is 297. The molecule has 12 heavy (non-hydrogen) atoms. The Labute approximate surface area is 84.9 Å². The van der Waals surface area contributed by atoms with Crippen LogP contribution in [-0.2, 0) is 0 Å². The highest BCUT2D eigenvalue weighted by Gasteiger charge is 2.09. The van der Waals surface area contributed by atoms with Crippen molar-refractivity contribution >= 4 is 27.5 Å². The smallest absolute Gasteiger partial charge is 0.127 e. The summed E-state index contributed by atoms with van der Waals surface area (Å²) in [6.45, 7) is 3.68. The summed E-state index contributed by atoms with van der Waals surface area (Å²) < 4.78 is 12.9. The Morgan fingerprint density at radius 3 is 2.58 bits per heavy atom. The first kappa shape index (κ1) is 10.0. The maximum atomic E-state index is 12.9. The summed E-state index contributed by atoms with van der Waals surface area (Å²) in [7, 11) is 0. The minimum atomic E-state index is -0.253. The number of alkyl halides is 1. The van der Waals surface area contributed by atoms with Gasteiger partial charge in [-0.05, 0) is 31.0 Å². The van der Waals surface area contributed by atoms with Gasteiger partial charge in [-0.3, -0.25) is 0 Å². The Hall–Kier alpha value is -0.0800. The second kappa shape index (κ2) is 3.75. The van der Waals surface area contributed by atoms with E-state index >= 15 is 0 Å². The van der Waals surface area contributed by atoms with Crippen LogP contribution in [0.2, 0.25) is 5.02 Å². The Balaban J connectivity index is 3.23. The lowest BCUT2D eigenvalue weighted by atomic mass is 10.1. The SMILES string of the molecule is Cc1cc(C(C)Br)c(Cl)cc1F. The van der Waals surface area contributed by atoms with E-state index in [9.17, 15) is 4.39 Å². The second-order valence-electron chi connectivity index (χ2n) is 2.74. The molecule has 0 heterocycles. The van der Waals surface area contributed by atoms with Gasteiger partial charge in [-0.15, -0.1) is 0 Å². The van der Waals surface area contributed by atoms with E-state index in [1.54, 1.807) is 13.0 Å². The van der Waals surface area contributed by atoms with Crippen LogP contribution in [0.5, 0.6) is 0 Å². The highest BCUT2D eigenvalue weighted by atomic mass is 79.9. The lowest BCUT2D eigenvalue weighted by Crippen LogP contribution is -1.90. The number of rotatable bonds is 1. The van der Waals surface area contributed by atoms with Crippen molar-refractivity contribution in [1.82, 2.24) is 0 Å². The van der Waals surface area contributed by atoms with E-state index < -0.39 is 0 Å². The molecule has 0 radical (unpaired) electrons. The first-order valence-corrected chi connectivity index (χ1v) is 4.91. The molecule has 1 atom stereocenters. The molecule has 1 rings (SSSR count). The minimum Gasteiger partial charge on any atom is -0.207 e. The van der Waals surface area contributed by atoms with Gasteiger partial charge in [-0.2, -0.15) is 0 Å². The van der Waals surface area contributed by atoms with Crippen molar-refractivity contribution in [3.63, 3.8) is 0 Å². The molecule has 0 fully saturated rings. The van der Waals surface area contributed by atoms with Crippen molar-refractivity contribution in [2.24, 2.45) is 0 Å². The fourth-order valence-electron chi connectivity index (χ4n) is 0.984. The van der Waals surface area contributed by atoms with Gasteiger partial charge in [0.15, 0.2) is 0 Å². The average Bonchev–Trinajstić information content (AvgIpc) is 1.96. The van der Waals surface area contributed by atoms with E-state index in [-0.39, 0.29) is 10.6 Å². The van der Waals surface area contributed by atoms with Gasteiger partial charge in [-0.25, -0.2) is 4.39 Å². The summed E-state index contributed by atoms with van der Waals surface area (Å²) in [5.74, 6) is -0.253. The molecule has 66 valence electrons. The molecule has 0 saturated heterocycles. The van der Waals surface area contributed by atoms with Crippen LogP contribution in [0, 0.1) is 12.7 Å². The van der Waals surface area contributed by atoms with Crippen LogP contribution in [0.4, 0.5) is 4.39 Å². The molecule has 0 amide bonds. The van der Waals surface area contributed by atoms with Crippen LogP contribution in [0.3, 0.4) is 0 Å².